The van der Waals surface area contributed by atoms with E-state index in [1.54, 1.807) is 0 Å². The van der Waals surface area contributed by atoms with Crippen LogP contribution in [0.25, 0.3) is 0 Å². The van der Waals surface area contributed by atoms with E-state index in [1.807, 2.05) is 0 Å². The molecule has 0 amide bonds. The Bertz CT molecular complexity index is 379. The van der Waals surface area contributed by atoms with E-state index in [2.05, 4.69) is 0 Å². The number of aliphatic hydroxyl groups is 1. The number of fused-ring (bicyclic) bond motifs is 1. The summed E-state index contributed by atoms with van der Waals surface area (Å²) in [6, 6.07) is 0. The second-order valence-electron chi connectivity index (χ2n) is 3.61. The summed E-state index contributed by atoms with van der Waals surface area (Å²) in [6.45, 7) is 1.45. The summed E-state index contributed by atoms with van der Waals surface area (Å²) in [6.07, 6.45) is 2.77. The van der Waals surface area contributed by atoms with E-state index in [4.69, 9.17) is 0 Å². The van der Waals surface area contributed by atoms with E-state index in [0.717, 1.165) is 6.42 Å². The topological polar surface area (TPSA) is 74.1 Å². The van der Waals surface area contributed by atoms with Gasteiger partial charge in [0.25, 0.3) is 0 Å². The molecule has 1 aliphatic rings. The Labute approximate surface area is 81.4 Å². The first-order valence-electron chi connectivity index (χ1n) is 4.64. The third kappa shape index (κ3) is 1.21. The van der Waals surface area contributed by atoms with Gasteiger partial charge in [0.2, 0.25) is 5.69 Å². The van der Waals surface area contributed by atoms with Crippen molar-refractivity contribution in [2.75, 3.05) is 0 Å². The largest absolute Gasteiger partial charge is 0.614 e. The molecule has 1 atom stereocenters. The Morgan fingerprint density at radius 3 is 2.93 bits per heavy atom. The first kappa shape index (κ1) is 9.21. The molecule has 0 aromatic carbocycles. The molecule has 0 radical (unpaired) electrons. The van der Waals surface area contributed by atoms with Crippen molar-refractivity contribution < 1.29 is 14.6 Å². The molecule has 0 spiro atoms. The van der Waals surface area contributed by atoms with E-state index in [0.29, 0.717) is 33.6 Å². The molecule has 1 aromatic heterocycles. The summed E-state index contributed by atoms with van der Waals surface area (Å²) in [4.78, 5) is 0. The summed E-state index contributed by atoms with van der Waals surface area (Å²) < 4.78 is 1.11. The zero-order valence-electron chi connectivity index (χ0n) is 7.93. The minimum atomic E-state index is -0.726. The van der Waals surface area contributed by atoms with Crippen molar-refractivity contribution in [1.82, 2.24) is 0 Å². The molecule has 1 aliphatic carbocycles. The van der Waals surface area contributed by atoms with Gasteiger partial charge in [-0.1, -0.05) is 0 Å². The number of hydrogen-bond acceptors (Lipinski definition) is 3. The molecule has 1 aromatic rings. The van der Waals surface area contributed by atoms with Crippen molar-refractivity contribution >= 4 is 0 Å². The van der Waals surface area contributed by atoms with Crippen LogP contribution in [0.4, 0.5) is 0 Å². The lowest BCUT2D eigenvalue weighted by molar-refractivity contribution is -0.762. The zero-order chi connectivity index (χ0) is 10.3. The molecule has 1 heterocycles. The molecule has 2 rings (SSSR count). The lowest BCUT2D eigenvalue weighted by Gasteiger charge is -2.19. The first-order chi connectivity index (χ1) is 6.61. The van der Waals surface area contributed by atoms with Gasteiger partial charge in [-0.05, 0) is 19.3 Å². The second kappa shape index (κ2) is 3.09. The quantitative estimate of drug-likeness (QED) is 0.454. The summed E-state index contributed by atoms with van der Waals surface area (Å²) in [5.41, 5.74) is 1.01. The Kier molecular flexibility index (Phi) is 2.03. The maximum absolute atomic E-state index is 11.6. The highest BCUT2D eigenvalue weighted by atomic mass is 16.5. The molecule has 14 heavy (non-hydrogen) atoms. The predicted molar refractivity (Wildman–Crippen MR) is 47.0 cm³/mol. The van der Waals surface area contributed by atoms with Crippen molar-refractivity contribution in [3.63, 3.8) is 0 Å². The third-order valence-electron chi connectivity index (χ3n) is 2.67. The number of nitrogens with zero attached hydrogens (tertiary/aromatic N) is 2. The van der Waals surface area contributed by atoms with Gasteiger partial charge in [-0.25, -0.2) is 0 Å². The third-order valence-corrected chi connectivity index (χ3v) is 2.67. The van der Waals surface area contributed by atoms with Gasteiger partial charge in [-0.3, -0.25) is 0 Å². The molecule has 0 saturated heterocycles. The second-order valence-corrected chi connectivity index (χ2v) is 3.61. The molecule has 5 heteroatoms. The van der Waals surface area contributed by atoms with Crippen LogP contribution in [0, 0.1) is 17.3 Å². The highest BCUT2D eigenvalue weighted by Gasteiger charge is 2.31. The van der Waals surface area contributed by atoms with Crippen molar-refractivity contribution in [3.8, 4) is 0 Å². The van der Waals surface area contributed by atoms with E-state index < -0.39 is 6.10 Å². The van der Waals surface area contributed by atoms with Crippen molar-refractivity contribution in [1.29, 1.82) is 0 Å². The fourth-order valence-electron chi connectivity index (χ4n) is 1.86. The van der Waals surface area contributed by atoms with Crippen LogP contribution in [0.5, 0.6) is 0 Å². The van der Waals surface area contributed by atoms with Crippen LogP contribution >= 0.6 is 0 Å². The predicted octanol–water partition coefficient (Wildman–Crippen LogP) is -0.368. The lowest BCUT2D eigenvalue weighted by atomic mass is 9.95. The Balaban J connectivity index is 2.64. The molecule has 76 valence electrons. The van der Waals surface area contributed by atoms with Gasteiger partial charge in [0, 0.05) is 0 Å². The van der Waals surface area contributed by atoms with Crippen LogP contribution in [0.2, 0.25) is 0 Å². The lowest BCUT2D eigenvalue weighted by Crippen LogP contribution is -2.51. The number of rotatable bonds is 0. The maximum atomic E-state index is 11.6. The summed E-state index contributed by atoms with van der Waals surface area (Å²) in [7, 11) is 0. The zero-order valence-corrected chi connectivity index (χ0v) is 7.93. The van der Waals surface area contributed by atoms with Gasteiger partial charge in [-0.15, -0.1) is 9.46 Å². The minimum Gasteiger partial charge on any atom is -0.614 e. The van der Waals surface area contributed by atoms with Gasteiger partial charge in [0.05, 0.1) is 12.5 Å². The molecule has 0 bridgehead atoms. The SMILES string of the molecule is Cc1[n+]([O-])cc2c([n+]1[O-])C(O)CCC2. The van der Waals surface area contributed by atoms with Crippen molar-refractivity contribution in [2.45, 2.75) is 32.3 Å². The van der Waals surface area contributed by atoms with E-state index in [1.165, 1.54) is 13.1 Å². The standard InChI is InChI=1S/C9H12N2O3/c1-6-10(13)5-7-3-2-4-8(12)9(7)11(6)14/h5,8,12H,2-4H2,1H3. The monoisotopic (exact) mass is 196 g/mol. The van der Waals surface area contributed by atoms with E-state index in [-0.39, 0.29) is 5.82 Å². The van der Waals surface area contributed by atoms with Crippen molar-refractivity contribution in [3.05, 3.63) is 33.7 Å². The molecule has 0 saturated carbocycles. The van der Waals surface area contributed by atoms with Gasteiger partial charge < -0.3 is 15.5 Å². The van der Waals surface area contributed by atoms with Crippen LogP contribution in [0.15, 0.2) is 6.20 Å². The van der Waals surface area contributed by atoms with Gasteiger partial charge in [0.1, 0.15) is 6.10 Å². The minimum absolute atomic E-state index is 0.0599. The Morgan fingerprint density at radius 2 is 2.21 bits per heavy atom. The van der Waals surface area contributed by atoms with Crippen LogP contribution in [-0.2, 0) is 6.42 Å². The summed E-state index contributed by atoms with van der Waals surface area (Å²) in [5, 5.41) is 32.4. The fraction of sp³-hybridized carbons (Fsp3) is 0.556. The molecule has 1 N–H and O–H groups in total. The smallest absolute Gasteiger partial charge is 0.437 e. The van der Waals surface area contributed by atoms with Gasteiger partial charge in [0.15, 0.2) is 6.20 Å². The van der Waals surface area contributed by atoms with Gasteiger partial charge >= 0.3 is 5.82 Å². The Hall–Kier alpha value is -1.36. The van der Waals surface area contributed by atoms with E-state index in [9.17, 15) is 15.5 Å². The van der Waals surface area contributed by atoms with Crippen LogP contribution in [0.3, 0.4) is 0 Å². The van der Waals surface area contributed by atoms with E-state index >= 15 is 0 Å². The highest BCUT2D eigenvalue weighted by Crippen LogP contribution is 2.25. The molecular formula is C9H12N2O3. The average molecular weight is 196 g/mol. The number of aliphatic hydroxyl groups excluding tert-OH is 1. The van der Waals surface area contributed by atoms with Crippen LogP contribution < -0.4 is 9.46 Å². The van der Waals surface area contributed by atoms with Crippen LogP contribution in [0.1, 0.15) is 36.0 Å². The maximum Gasteiger partial charge on any atom is 0.437 e. The molecule has 0 fully saturated rings. The normalized spacial score (nSPS) is 20.6. The highest BCUT2D eigenvalue weighted by molar-refractivity contribution is 5.16. The first-order valence-corrected chi connectivity index (χ1v) is 4.64. The summed E-state index contributed by atoms with van der Waals surface area (Å²) in [5.74, 6) is 0.0599. The average Bonchev–Trinajstić information content (AvgIpc) is 2.14. The molecule has 5 nitrogen and oxygen atoms in total. The number of aryl methyl sites for hydroxylation is 1. The fourth-order valence-corrected chi connectivity index (χ4v) is 1.86. The molecule has 1 unspecified atom stereocenters. The van der Waals surface area contributed by atoms with Crippen molar-refractivity contribution in [2.24, 2.45) is 0 Å². The number of hydrogen-bond donors (Lipinski definition) is 1. The summed E-state index contributed by atoms with van der Waals surface area (Å²) >= 11 is 0. The molecular weight excluding hydrogens is 184 g/mol. The van der Waals surface area contributed by atoms with Crippen LogP contribution in [-0.4, -0.2) is 5.11 Å². The number of aromatic nitrogens is 2. The Morgan fingerprint density at radius 1 is 1.50 bits per heavy atom. The molecule has 0 aliphatic heterocycles. The van der Waals surface area contributed by atoms with Gasteiger partial charge in [-0.2, -0.15) is 0 Å².